The first-order valence-electron chi connectivity index (χ1n) is 8.88. The number of carbonyl (C=O) groups is 1. The van der Waals surface area contributed by atoms with Gasteiger partial charge in [-0.1, -0.05) is 34.1 Å². The van der Waals surface area contributed by atoms with Crippen molar-refractivity contribution in [1.82, 2.24) is 14.3 Å². The highest BCUT2D eigenvalue weighted by atomic mass is 79.9. The molecule has 4 aromatic rings. The van der Waals surface area contributed by atoms with Crippen LogP contribution in [0.2, 0.25) is 0 Å². The summed E-state index contributed by atoms with van der Waals surface area (Å²) in [5.74, 6) is -0.138. The molecular weight excluding hydrogens is 418 g/mol. The van der Waals surface area contributed by atoms with Crippen LogP contribution < -0.4 is 5.56 Å². The van der Waals surface area contributed by atoms with Crippen molar-refractivity contribution in [2.24, 2.45) is 0 Å². The van der Waals surface area contributed by atoms with Crippen molar-refractivity contribution in [3.8, 4) is 5.69 Å². The van der Waals surface area contributed by atoms with Crippen LogP contribution >= 0.6 is 15.9 Å². The van der Waals surface area contributed by atoms with Crippen molar-refractivity contribution in [3.05, 3.63) is 92.6 Å². The lowest BCUT2D eigenvalue weighted by Crippen LogP contribution is -2.26. The van der Waals surface area contributed by atoms with Gasteiger partial charge >= 0.3 is 0 Å². The minimum absolute atomic E-state index is 0.0890. The molecule has 0 unspecified atom stereocenters. The maximum absolute atomic E-state index is 13.0. The number of carbonyl (C=O) groups excluding carboxylic acids is 1. The SMILES string of the molecule is Cc1cc(C(=O)Cn2ncc3ccccc3c2=O)c(C)n1-c1ccc(Br)cc1. The third-order valence-electron chi connectivity index (χ3n) is 4.87. The van der Waals surface area contributed by atoms with Gasteiger partial charge in [-0.2, -0.15) is 5.10 Å². The lowest BCUT2D eigenvalue weighted by atomic mass is 10.1. The van der Waals surface area contributed by atoms with Gasteiger partial charge in [-0.3, -0.25) is 9.59 Å². The lowest BCUT2D eigenvalue weighted by Gasteiger charge is -2.10. The van der Waals surface area contributed by atoms with Crippen molar-refractivity contribution < 1.29 is 4.79 Å². The van der Waals surface area contributed by atoms with Crippen LogP contribution in [0, 0.1) is 13.8 Å². The Bertz CT molecular complexity index is 1250. The summed E-state index contributed by atoms with van der Waals surface area (Å²) in [6, 6.07) is 17.0. The van der Waals surface area contributed by atoms with Gasteiger partial charge in [0.15, 0.2) is 5.78 Å². The number of fused-ring (bicyclic) bond motifs is 1. The Balaban J connectivity index is 1.70. The van der Waals surface area contributed by atoms with E-state index in [4.69, 9.17) is 0 Å². The summed E-state index contributed by atoms with van der Waals surface area (Å²) in [5.41, 5.74) is 3.13. The summed E-state index contributed by atoms with van der Waals surface area (Å²) in [7, 11) is 0. The highest BCUT2D eigenvalue weighted by Gasteiger charge is 2.18. The van der Waals surface area contributed by atoms with Gasteiger partial charge in [-0.15, -0.1) is 0 Å². The molecule has 0 aliphatic heterocycles. The molecule has 0 N–H and O–H groups in total. The van der Waals surface area contributed by atoms with Crippen molar-refractivity contribution in [1.29, 1.82) is 0 Å². The molecule has 0 aliphatic carbocycles. The van der Waals surface area contributed by atoms with Crippen molar-refractivity contribution in [2.75, 3.05) is 0 Å². The third kappa shape index (κ3) is 3.20. The van der Waals surface area contributed by atoms with Crippen LogP contribution in [0.25, 0.3) is 16.5 Å². The number of aryl methyl sites for hydroxylation is 1. The topological polar surface area (TPSA) is 56.9 Å². The molecule has 28 heavy (non-hydrogen) atoms. The number of hydrogen-bond donors (Lipinski definition) is 0. The van der Waals surface area contributed by atoms with Crippen LogP contribution in [0.4, 0.5) is 0 Å². The quantitative estimate of drug-likeness (QED) is 0.445. The molecule has 5 nitrogen and oxygen atoms in total. The van der Waals surface area contributed by atoms with Gasteiger partial charge in [0.25, 0.3) is 5.56 Å². The fourth-order valence-electron chi connectivity index (χ4n) is 3.49. The zero-order valence-corrected chi connectivity index (χ0v) is 17.1. The molecule has 0 radical (unpaired) electrons. The van der Waals surface area contributed by atoms with Crippen molar-refractivity contribution in [2.45, 2.75) is 20.4 Å². The van der Waals surface area contributed by atoms with Crippen LogP contribution in [0.3, 0.4) is 0 Å². The fraction of sp³-hybridized carbons (Fsp3) is 0.136. The molecule has 2 aromatic carbocycles. The van der Waals surface area contributed by atoms with Gasteiger partial charge in [0.05, 0.1) is 11.6 Å². The normalized spacial score (nSPS) is 11.1. The molecule has 0 spiro atoms. The van der Waals surface area contributed by atoms with Gasteiger partial charge in [-0.25, -0.2) is 4.68 Å². The first-order valence-corrected chi connectivity index (χ1v) is 9.68. The van der Waals surface area contributed by atoms with Crippen LogP contribution in [-0.4, -0.2) is 20.1 Å². The summed E-state index contributed by atoms with van der Waals surface area (Å²) in [5, 5.41) is 5.50. The maximum Gasteiger partial charge on any atom is 0.275 e. The Kier molecular flexibility index (Phi) is 4.73. The van der Waals surface area contributed by atoms with Crippen LogP contribution in [0.5, 0.6) is 0 Å². The molecule has 4 rings (SSSR count). The smallest absolute Gasteiger partial charge is 0.275 e. The Morgan fingerprint density at radius 3 is 2.54 bits per heavy atom. The van der Waals surface area contributed by atoms with E-state index in [1.165, 1.54) is 4.68 Å². The van der Waals surface area contributed by atoms with E-state index in [2.05, 4.69) is 21.0 Å². The van der Waals surface area contributed by atoms with Gasteiger partial charge in [-0.05, 0) is 50.2 Å². The van der Waals surface area contributed by atoms with E-state index < -0.39 is 0 Å². The molecule has 0 saturated heterocycles. The van der Waals surface area contributed by atoms with E-state index >= 15 is 0 Å². The molecule has 2 heterocycles. The number of Topliss-reactive ketones (excluding diaryl/α,β-unsaturated/α-hetero) is 1. The van der Waals surface area contributed by atoms with Gasteiger partial charge < -0.3 is 4.57 Å². The van der Waals surface area contributed by atoms with E-state index in [1.54, 1.807) is 12.3 Å². The number of halogens is 1. The molecule has 0 bridgehead atoms. The molecule has 0 aliphatic rings. The summed E-state index contributed by atoms with van der Waals surface area (Å²) >= 11 is 3.44. The van der Waals surface area contributed by atoms with Crippen molar-refractivity contribution in [3.63, 3.8) is 0 Å². The second kappa shape index (κ2) is 7.20. The standard InChI is InChI=1S/C22H18BrN3O2/c1-14-11-20(15(2)26(14)18-9-7-17(23)8-10-18)21(27)13-25-22(28)19-6-4-3-5-16(19)12-24-25/h3-12H,13H2,1-2H3. The predicted octanol–water partition coefficient (Wildman–Crippen LogP) is 4.45. The van der Waals surface area contributed by atoms with Crippen LogP contribution in [-0.2, 0) is 6.54 Å². The average molecular weight is 436 g/mol. The second-order valence-electron chi connectivity index (χ2n) is 6.71. The number of hydrogen-bond acceptors (Lipinski definition) is 3. The molecular formula is C22H18BrN3O2. The second-order valence-corrected chi connectivity index (χ2v) is 7.63. The van der Waals surface area contributed by atoms with Crippen molar-refractivity contribution >= 4 is 32.5 Å². The first kappa shape index (κ1) is 18.4. The van der Waals surface area contributed by atoms with E-state index in [0.717, 1.165) is 26.9 Å². The highest BCUT2D eigenvalue weighted by Crippen LogP contribution is 2.23. The lowest BCUT2D eigenvalue weighted by molar-refractivity contribution is 0.0965. The number of ketones is 1. The zero-order chi connectivity index (χ0) is 19.8. The Labute approximate surface area is 170 Å². The Morgan fingerprint density at radius 2 is 1.79 bits per heavy atom. The highest BCUT2D eigenvalue weighted by molar-refractivity contribution is 9.10. The minimum Gasteiger partial charge on any atom is -0.318 e. The molecule has 2 aromatic heterocycles. The number of rotatable bonds is 4. The maximum atomic E-state index is 13.0. The number of nitrogens with zero attached hydrogens (tertiary/aromatic N) is 3. The molecule has 6 heteroatoms. The number of aromatic nitrogens is 3. The minimum atomic E-state index is -0.256. The summed E-state index contributed by atoms with van der Waals surface area (Å²) in [6.45, 7) is 3.79. The molecule has 0 atom stereocenters. The van der Waals surface area contributed by atoms with E-state index in [1.807, 2.05) is 66.9 Å². The van der Waals surface area contributed by atoms with Crippen LogP contribution in [0.1, 0.15) is 21.7 Å². The van der Waals surface area contributed by atoms with E-state index in [0.29, 0.717) is 10.9 Å². The summed E-state index contributed by atoms with van der Waals surface area (Å²) < 4.78 is 4.27. The zero-order valence-electron chi connectivity index (χ0n) is 15.5. The van der Waals surface area contributed by atoms with Gasteiger partial charge in [0.1, 0.15) is 6.54 Å². The molecule has 140 valence electrons. The number of benzene rings is 2. The van der Waals surface area contributed by atoms with E-state index in [9.17, 15) is 9.59 Å². The first-order chi connectivity index (χ1) is 13.5. The molecule has 0 amide bonds. The third-order valence-corrected chi connectivity index (χ3v) is 5.40. The largest absolute Gasteiger partial charge is 0.318 e. The van der Waals surface area contributed by atoms with Gasteiger partial charge in [0.2, 0.25) is 0 Å². The monoisotopic (exact) mass is 435 g/mol. The fourth-order valence-corrected chi connectivity index (χ4v) is 3.76. The van der Waals surface area contributed by atoms with Crippen LogP contribution in [0.15, 0.2) is 70.1 Å². The van der Waals surface area contributed by atoms with E-state index in [-0.39, 0.29) is 17.9 Å². The molecule has 0 saturated carbocycles. The molecule has 0 fully saturated rings. The van der Waals surface area contributed by atoms with Gasteiger partial charge in [0, 0.05) is 32.5 Å². The Hall–Kier alpha value is -2.99. The Morgan fingerprint density at radius 1 is 1.07 bits per heavy atom. The predicted molar refractivity (Wildman–Crippen MR) is 113 cm³/mol. The average Bonchev–Trinajstić information content (AvgIpc) is 2.99. The summed E-state index contributed by atoms with van der Waals surface area (Å²) in [6.07, 6.45) is 1.62. The summed E-state index contributed by atoms with van der Waals surface area (Å²) in [4.78, 5) is 25.6.